The normalized spacial score (nSPS) is 24.0. The van der Waals surface area contributed by atoms with Crippen LogP contribution in [-0.4, -0.2) is 23.6 Å². The van der Waals surface area contributed by atoms with Crippen LogP contribution in [0.25, 0.3) is 0 Å². The second-order valence-electron chi connectivity index (χ2n) is 6.66. The van der Waals surface area contributed by atoms with Gasteiger partial charge in [0.05, 0.1) is 11.4 Å². The van der Waals surface area contributed by atoms with Crippen LogP contribution in [0.5, 0.6) is 0 Å². The molecule has 0 spiro atoms. The minimum absolute atomic E-state index is 0. The summed E-state index contributed by atoms with van der Waals surface area (Å²) >= 11 is 0. The van der Waals surface area contributed by atoms with Crippen molar-refractivity contribution >= 4 is 0 Å². The maximum atomic E-state index is 14.0. The number of fused-ring (bicyclic) bond motifs is 1. The molecule has 1 saturated carbocycles. The number of nitrogens with zero attached hydrogens (tertiary/aromatic N) is 1. The van der Waals surface area contributed by atoms with Crippen molar-refractivity contribution in [2.75, 3.05) is 13.1 Å². The van der Waals surface area contributed by atoms with Crippen molar-refractivity contribution in [2.45, 2.75) is 31.2 Å². The van der Waals surface area contributed by atoms with E-state index >= 15 is 0 Å². The first-order valence-electron chi connectivity index (χ1n) is 8.63. The summed E-state index contributed by atoms with van der Waals surface area (Å²) < 4.78 is 27.2. The van der Waals surface area contributed by atoms with Gasteiger partial charge in [0.15, 0.2) is 0 Å². The number of allylic oxidation sites excluding steroid dienone is 2. The molecule has 138 valence electrons. The van der Waals surface area contributed by atoms with Crippen LogP contribution in [0.4, 0.5) is 8.78 Å². The fraction of sp³-hybridized carbons (Fsp3) is 0.421. The van der Waals surface area contributed by atoms with Crippen molar-refractivity contribution in [1.82, 2.24) is 15.6 Å². The van der Waals surface area contributed by atoms with Crippen molar-refractivity contribution in [1.29, 1.82) is 0 Å². The van der Waals surface area contributed by atoms with Gasteiger partial charge in [-0.15, -0.1) is 0 Å². The van der Waals surface area contributed by atoms with E-state index in [2.05, 4.69) is 28.3 Å². The van der Waals surface area contributed by atoms with Gasteiger partial charge in [0.25, 0.3) is 0 Å². The van der Waals surface area contributed by atoms with E-state index in [0.29, 0.717) is 25.3 Å². The quantitative estimate of drug-likeness (QED) is 0.640. The number of pyridine rings is 1. The van der Waals surface area contributed by atoms with E-state index in [-0.39, 0.29) is 8.77 Å². The van der Waals surface area contributed by atoms with Gasteiger partial charge in [0.2, 0.25) is 0 Å². The summed E-state index contributed by atoms with van der Waals surface area (Å²) in [5.74, 6) is -0.563. The molecule has 2 atom stereocenters. The number of halogens is 2. The number of hydrogen-bond donors (Lipinski definition) is 3. The topological polar surface area (TPSA) is 63.0 Å². The monoisotopic (exact) mass is 350 g/mol. The zero-order valence-corrected chi connectivity index (χ0v) is 14.2. The van der Waals surface area contributed by atoms with E-state index in [1.54, 1.807) is 0 Å². The van der Waals surface area contributed by atoms with E-state index in [0.717, 1.165) is 31.0 Å². The first kappa shape index (κ1) is 17.6. The van der Waals surface area contributed by atoms with Gasteiger partial charge in [0, 0.05) is 39.7 Å². The molecule has 0 bridgehead atoms. The lowest BCUT2D eigenvalue weighted by Gasteiger charge is -2.22. The number of rotatable bonds is 9. The van der Waals surface area contributed by atoms with E-state index in [1.807, 2.05) is 12.3 Å². The van der Waals surface area contributed by atoms with Crippen LogP contribution in [0.3, 0.4) is 0 Å². The zero-order valence-electron chi connectivity index (χ0n) is 14.2. The maximum absolute atomic E-state index is 14.0. The van der Waals surface area contributed by atoms with Crippen LogP contribution in [-0.2, 0) is 12.8 Å². The molecular formula is C19H28F2N4. The van der Waals surface area contributed by atoms with Crippen molar-refractivity contribution in [3.63, 3.8) is 0 Å². The fourth-order valence-corrected chi connectivity index (χ4v) is 3.17. The summed E-state index contributed by atoms with van der Waals surface area (Å²) in [6.45, 7) is 5.21. The van der Waals surface area contributed by atoms with Crippen LogP contribution < -0.4 is 16.4 Å². The Hall–Kier alpha value is -2.21. The lowest BCUT2D eigenvalue weighted by atomic mass is 10.1. The van der Waals surface area contributed by atoms with Gasteiger partial charge in [-0.25, -0.2) is 8.78 Å². The first-order chi connectivity index (χ1) is 12.0. The van der Waals surface area contributed by atoms with Gasteiger partial charge in [-0.3, -0.25) is 4.98 Å². The van der Waals surface area contributed by atoms with Crippen LogP contribution >= 0.6 is 0 Å². The highest BCUT2D eigenvalue weighted by Crippen LogP contribution is 2.53. The molecule has 0 radical (unpaired) electrons. The molecule has 0 aliphatic heterocycles. The Morgan fingerprint density at radius 1 is 1.40 bits per heavy atom. The fourth-order valence-electron chi connectivity index (χ4n) is 3.17. The summed E-state index contributed by atoms with van der Waals surface area (Å²) in [4.78, 5) is 4.44. The summed E-state index contributed by atoms with van der Waals surface area (Å²) in [5.41, 5.74) is 6.87. The largest absolute Gasteiger partial charge is 0.372 e. The van der Waals surface area contributed by atoms with E-state index < -0.39 is 17.2 Å². The van der Waals surface area contributed by atoms with Gasteiger partial charge in [-0.1, -0.05) is 12.6 Å². The summed E-state index contributed by atoms with van der Waals surface area (Å²) in [6.07, 6.45) is 7.48. The molecule has 4 N–H and O–H groups in total. The molecule has 25 heavy (non-hydrogen) atoms. The van der Waals surface area contributed by atoms with Crippen molar-refractivity contribution < 1.29 is 11.6 Å². The molecule has 6 heteroatoms. The molecule has 0 aromatic carbocycles. The molecule has 4 nitrogen and oxygen atoms in total. The van der Waals surface area contributed by atoms with E-state index in [1.165, 1.54) is 11.6 Å². The number of aryl methyl sites for hydroxylation is 1. The predicted molar refractivity (Wildman–Crippen MR) is 99.0 cm³/mol. The first-order valence-corrected chi connectivity index (χ1v) is 8.63. The number of nitrogens with one attached hydrogen (secondary N) is 2. The molecule has 2 aliphatic carbocycles. The third-order valence-electron chi connectivity index (χ3n) is 4.71. The van der Waals surface area contributed by atoms with Crippen LogP contribution in [0, 0.1) is 5.92 Å². The Morgan fingerprint density at radius 2 is 2.24 bits per heavy atom. The molecule has 2 aliphatic rings. The van der Waals surface area contributed by atoms with Crippen LogP contribution in [0.15, 0.2) is 54.5 Å². The van der Waals surface area contributed by atoms with Crippen LogP contribution in [0.2, 0.25) is 0 Å². The Balaban J connectivity index is 0.00000182. The molecule has 0 saturated heterocycles. The van der Waals surface area contributed by atoms with Gasteiger partial charge in [-0.2, -0.15) is 0 Å². The molecule has 1 heterocycles. The number of nitrogens with two attached hydrogens (primary N) is 1. The molecule has 0 amide bonds. The molecule has 3 rings (SSSR count). The highest BCUT2D eigenvalue weighted by atomic mass is 19.1. The third kappa shape index (κ3) is 4.07. The molecule has 1 aromatic rings. The Kier molecular flexibility index (Phi) is 5.18. The molecule has 1 fully saturated rings. The Bertz CT molecular complexity index is 706. The van der Waals surface area contributed by atoms with Gasteiger partial charge in [-0.05, 0) is 43.5 Å². The van der Waals surface area contributed by atoms with Crippen molar-refractivity contribution in [2.24, 2.45) is 11.7 Å². The van der Waals surface area contributed by atoms with Crippen molar-refractivity contribution in [3.05, 3.63) is 65.8 Å². The maximum Gasteiger partial charge on any atom is 0.129 e. The Labute approximate surface area is 149 Å². The smallest absolute Gasteiger partial charge is 0.129 e. The van der Waals surface area contributed by atoms with Crippen LogP contribution in [0.1, 0.15) is 27.0 Å². The summed E-state index contributed by atoms with van der Waals surface area (Å²) in [7, 11) is 0. The molecule has 1 aromatic heterocycles. The van der Waals surface area contributed by atoms with Gasteiger partial charge < -0.3 is 16.4 Å². The van der Waals surface area contributed by atoms with Gasteiger partial charge >= 0.3 is 0 Å². The average Bonchev–Trinajstić information content (AvgIpc) is 3.28. The third-order valence-corrected chi connectivity index (χ3v) is 4.71. The second-order valence-corrected chi connectivity index (χ2v) is 6.66. The minimum Gasteiger partial charge on any atom is -0.372 e. The number of aromatic nitrogens is 1. The SMILES string of the molecule is C=C(NCCc1ccc(CCCN)cn1)NC12CC1C=C(F)C=C2F.[HH].[HH]. The number of hydrogen-bond acceptors (Lipinski definition) is 4. The highest BCUT2D eigenvalue weighted by molar-refractivity contribution is 5.42. The second kappa shape index (κ2) is 7.35. The van der Waals surface area contributed by atoms with Gasteiger partial charge in [0.1, 0.15) is 11.7 Å². The van der Waals surface area contributed by atoms with Crippen molar-refractivity contribution in [3.8, 4) is 0 Å². The lowest BCUT2D eigenvalue weighted by molar-refractivity contribution is 0.441. The molecular weight excluding hydrogens is 322 g/mol. The standard InChI is InChI=1S/C19H24F2N4.2H2/c1-13(25-19-11-15(19)9-16(20)10-18(19)21)23-8-6-17-5-4-14(12-24-17)3-2-7-22;;/h4-5,9-10,12,15,23,25H,1-3,6-8,11,22H2;2*1H. The summed E-state index contributed by atoms with van der Waals surface area (Å²) in [6, 6.07) is 4.08. The minimum atomic E-state index is -0.803. The average molecular weight is 350 g/mol. The predicted octanol–water partition coefficient (Wildman–Crippen LogP) is 3.14. The van der Waals surface area contributed by atoms with E-state index in [9.17, 15) is 8.78 Å². The Morgan fingerprint density at radius 3 is 2.92 bits per heavy atom. The highest BCUT2D eigenvalue weighted by Gasteiger charge is 2.58. The summed E-state index contributed by atoms with van der Waals surface area (Å²) in [5, 5.41) is 6.21. The lowest BCUT2D eigenvalue weighted by Crippen LogP contribution is -2.39. The molecule has 2 unspecified atom stereocenters. The zero-order chi connectivity index (χ0) is 17.9. The van der Waals surface area contributed by atoms with E-state index in [4.69, 9.17) is 5.73 Å².